The number of nitrogens with zero attached hydrogens (tertiary/aromatic N) is 1. The zero-order valence-corrected chi connectivity index (χ0v) is 13.6. The van der Waals surface area contributed by atoms with Gasteiger partial charge in [-0.3, -0.25) is 0 Å². The van der Waals surface area contributed by atoms with Gasteiger partial charge in [-0.15, -0.1) is 0 Å². The van der Waals surface area contributed by atoms with Gasteiger partial charge in [0.15, 0.2) is 0 Å². The second-order valence-corrected chi connectivity index (χ2v) is 7.97. The van der Waals surface area contributed by atoms with Crippen molar-refractivity contribution < 1.29 is 8.42 Å². The molecule has 1 N–H and O–H groups in total. The fourth-order valence-electron chi connectivity index (χ4n) is 2.61. The molecule has 1 fully saturated rings. The maximum absolute atomic E-state index is 12.2. The van der Waals surface area contributed by atoms with Crippen LogP contribution in [0.25, 0.3) is 0 Å². The minimum atomic E-state index is -3.57. The number of sulfonamides is 1. The van der Waals surface area contributed by atoms with Crippen molar-refractivity contribution in [2.75, 3.05) is 6.54 Å². The van der Waals surface area contributed by atoms with Gasteiger partial charge in [-0.05, 0) is 30.7 Å². The summed E-state index contributed by atoms with van der Waals surface area (Å²) in [6.45, 7) is 2.68. The van der Waals surface area contributed by atoms with Crippen LogP contribution in [0.4, 0.5) is 0 Å². The second-order valence-electron chi connectivity index (χ2n) is 5.43. The third kappa shape index (κ3) is 4.07. The van der Waals surface area contributed by atoms with Gasteiger partial charge in [0.2, 0.25) is 10.0 Å². The lowest BCUT2D eigenvalue weighted by Crippen LogP contribution is -2.31. The predicted molar refractivity (Wildman–Crippen MR) is 80.6 cm³/mol. The first-order valence-corrected chi connectivity index (χ1v) is 8.93. The molecule has 0 bridgehead atoms. The lowest BCUT2D eigenvalue weighted by atomic mass is 9.83. The molecule has 0 aliphatic heterocycles. The number of aromatic nitrogens is 1. The van der Waals surface area contributed by atoms with E-state index < -0.39 is 10.0 Å². The van der Waals surface area contributed by atoms with Gasteiger partial charge in [-0.25, -0.2) is 18.1 Å². The van der Waals surface area contributed by atoms with E-state index in [4.69, 9.17) is 23.2 Å². The van der Waals surface area contributed by atoms with Crippen LogP contribution in [-0.2, 0) is 10.0 Å². The first-order valence-electron chi connectivity index (χ1n) is 6.69. The topological polar surface area (TPSA) is 59.1 Å². The molecular weight excluding hydrogens is 319 g/mol. The van der Waals surface area contributed by atoms with Gasteiger partial charge in [0, 0.05) is 12.7 Å². The minimum Gasteiger partial charge on any atom is -0.242 e. The summed E-state index contributed by atoms with van der Waals surface area (Å²) in [4.78, 5) is 3.82. The zero-order valence-electron chi connectivity index (χ0n) is 11.3. The van der Waals surface area contributed by atoms with Crippen molar-refractivity contribution in [2.24, 2.45) is 11.8 Å². The monoisotopic (exact) mass is 336 g/mol. The number of hydrogen-bond acceptors (Lipinski definition) is 3. The number of halogens is 2. The summed E-state index contributed by atoms with van der Waals surface area (Å²) in [6.07, 6.45) is 5.77. The average Bonchev–Trinajstić information content (AvgIpc) is 2.40. The largest absolute Gasteiger partial charge is 0.242 e. The van der Waals surface area contributed by atoms with Gasteiger partial charge in [0.25, 0.3) is 0 Å². The third-order valence-electron chi connectivity index (χ3n) is 3.69. The van der Waals surface area contributed by atoms with E-state index in [-0.39, 0.29) is 15.1 Å². The molecule has 0 amide bonds. The first kappa shape index (κ1) is 16.0. The normalized spacial score (nSPS) is 23.8. The van der Waals surface area contributed by atoms with E-state index in [1.807, 2.05) is 0 Å². The van der Waals surface area contributed by atoms with Crippen LogP contribution in [0.2, 0.25) is 10.2 Å². The molecule has 2 atom stereocenters. The molecule has 112 valence electrons. The molecule has 7 heteroatoms. The molecule has 0 saturated heterocycles. The molecule has 0 radical (unpaired) electrons. The van der Waals surface area contributed by atoms with Crippen molar-refractivity contribution in [1.29, 1.82) is 0 Å². The quantitative estimate of drug-likeness (QED) is 0.856. The van der Waals surface area contributed by atoms with Crippen LogP contribution in [0, 0.1) is 11.8 Å². The SMILES string of the molecule is CC1CCCC(CNS(=O)(=O)c2cnc(Cl)c(Cl)c2)C1. The fraction of sp³-hybridized carbons (Fsp3) is 0.615. The molecule has 2 rings (SSSR count). The molecular formula is C13H18Cl2N2O2S. The lowest BCUT2D eigenvalue weighted by Gasteiger charge is -2.26. The molecule has 1 heterocycles. The van der Waals surface area contributed by atoms with Gasteiger partial charge in [-0.1, -0.05) is 43.0 Å². The molecule has 1 aliphatic carbocycles. The summed E-state index contributed by atoms with van der Waals surface area (Å²) in [5, 5.41) is 0.243. The highest BCUT2D eigenvalue weighted by molar-refractivity contribution is 7.89. The van der Waals surface area contributed by atoms with Gasteiger partial charge in [0.1, 0.15) is 10.0 Å². The molecule has 1 aromatic rings. The Morgan fingerprint density at radius 1 is 1.40 bits per heavy atom. The van der Waals surface area contributed by atoms with Gasteiger partial charge in [-0.2, -0.15) is 0 Å². The average molecular weight is 337 g/mol. The molecule has 2 unspecified atom stereocenters. The van der Waals surface area contributed by atoms with Crippen LogP contribution in [0.5, 0.6) is 0 Å². The number of rotatable bonds is 4. The highest BCUT2D eigenvalue weighted by Gasteiger charge is 2.22. The Morgan fingerprint density at radius 3 is 2.80 bits per heavy atom. The van der Waals surface area contributed by atoms with E-state index >= 15 is 0 Å². The van der Waals surface area contributed by atoms with Crippen molar-refractivity contribution >= 4 is 33.2 Å². The van der Waals surface area contributed by atoms with Crippen molar-refractivity contribution in [2.45, 2.75) is 37.5 Å². The van der Waals surface area contributed by atoms with E-state index in [1.54, 1.807) is 0 Å². The Hall–Kier alpha value is -0.360. The van der Waals surface area contributed by atoms with Crippen LogP contribution in [0.15, 0.2) is 17.2 Å². The molecule has 4 nitrogen and oxygen atoms in total. The minimum absolute atomic E-state index is 0.0516. The molecule has 0 spiro atoms. The molecule has 1 aliphatic rings. The second kappa shape index (κ2) is 6.60. The van der Waals surface area contributed by atoms with Gasteiger partial charge in [0.05, 0.1) is 5.02 Å². The summed E-state index contributed by atoms with van der Waals surface area (Å²) >= 11 is 11.5. The van der Waals surface area contributed by atoms with Crippen LogP contribution >= 0.6 is 23.2 Å². The Bertz CT molecular complexity index is 578. The van der Waals surface area contributed by atoms with Gasteiger partial charge >= 0.3 is 0 Å². The van der Waals surface area contributed by atoms with E-state index in [0.717, 1.165) is 12.8 Å². The predicted octanol–water partition coefficient (Wildman–Crippen LogP) is 3.49. The number of hydrogen-bond donors (Lipinski definition) is 1. The Labute approximate surface area is 129 Å². The maximum Gasteiger partial charge on any atom is 0.242 e. The fourth-order valence-corrected chi connectivity index (χ4v) is 4.03. The summed E-state index contributed by atoms with van der Waals surface area (Å²) in [7, 11) is -3.57. The highest BCUT2D eigenvalue weighted by Crippen LogP contribution is 2.28. The van der Waals surface area contributed by atoms with Crippen LogP contribution in [-0.4, -0.2) is 19.9 Å². The van der Waals surface area contributed by atoms with Crippen LogP contribution in [0.3, 0.4) is 0 Å². The van der Waals surface area contributed by atoms with E-state index in [2.05, 4.69) is 16.6 Å². The summed E-state index contributed by atoms with van der Waals surface area (Å²) in [5.41, 5.74) is 0. The summed E-state index contributed by atoms with van der Waals surface area (Å²) < 4.78 is 27.0. The zero-order chi connectivity index (χ0) is 14.8. The van der Waals surface area contributed by atoms with Crippen molar-refractivity contribution in [3.05, 3.63) is 22.4 Å². The Balaban J connectivity index is 2.01. The van der Waals surface area contributed by atoms with Crippen molar-refractivity contribution in [3.63, 3.8) is 0 Å². The third-order valence-corrected chi connectivity index (χ3v) is 5.77. The Morgan fingerprint density at radius 2 is 2.15 bits per heavy atom. The smallest absolute Gasteiger partial charge is 0.242 e. The van der Waals surface area contributed by atoms with Crippen LogP contribution in [0.1, 0.15) is 32.6 Å². The lowest BCUT2D eigenvalue weighted by molar-refractivity contribution is 0.283. The van der Waals surface area contributed by atoms with Crippen molar-refractivity contribution in [1.82, 2.24) is 9.71 Å². The maximum atomic E-state index is 12.2. The van der Waals surface area contributed by atoms with Crippen molar-refractivity contribution in [3.8, 4) is 0 Å². The first-order chi connectivity index (χ1) is 9.38. The standard InChI is InChI=1S/C13H18Cl2N2O2S/c1-9-3-2-4-10(5-9)7-17-20(18,19)11-6-12(14)13(15)16-8-11/h6,8-10,17H,2-5,7H2,1H3. The molecule has 1 aromatic heterocycles. The summed E-state index contributed by atoms with van der Waals surface area (Å²) in [5.74, 6) is 1.08. The molecule has 1 saturated carbocycles. The number of nitrogens with one attached hydrogen (secondary N) is 1. The number of pyridine rings is 1. The van der Waals surface area contributed by atoms with Gasteiger partial charge < -0.3 is 0 Å². The molecule has 20 heavy (non-hydrogen) atoms. The van der Waals surface area contributed by atoms with Crippen LogP contribution < -0.4 is 4.72 Å². The summed E-state index contributed by atoms with van der Waals surface area (Å²) in [6, 6.07) is 1.32. The van der Waals surface area contributed by atoms with E-state index in [1.165, 1.54) is 25.1 Å². The van der Waals surface area contributed by atoms with E-state index in [9.17, 15) is 8.42 Å². The highest BCUT2D eigenvalue weighted by atomic mass is 35.5. The molecule has 0 aromatic carbocycles. The van der Waals surface area contributed by atoms with E-state index in [0.29, 0.717) is 18.4 Å². The Kier molecular flexibility index (Phi) is 5.29.